The van der Waals surface area contributed by atoms with E-state index in [-0.39, 0.29) is 11.9 Å². The Balaban J connectivity index is 2.15. The summed E-state index contributed by atoms with van der Waals surface area (Å²) in [5.74, 6) is -0.202. The Kier molecular flexibility index (Phi) is 4.42. The van der Waals surface area contributed by atoms with E-state index in [0.717, 1.165) is 24.2 Å². The number of likely N-dealkylation sites (N-methyl/N-ethyl adjacent to an activating group) is 1. The highest BCUT2D eigenvalue weighted by Crippen LogP contribution is 2.17. The van der Waals surface area contributed by atoms with Crippen LogP contribution in [0.1, 0.15) is 24.2 Å². The third-order valence-corrected chi connectivity index (χ3v) is 2.86. The van der Waals surface area contributed by atoms with E-state index in [1.807, 2.05) is 30.3 Å². The third-order valence-electron chi connectivity index (χ3n) is 2.86. The van der Waals surface area contributed by atoms with Gasteiger partial charge >= 0.3 is 0 Å². The van der Waals surface area contributed by atoms with E-state index in [1.165, 1.54) is 12.1 Å². The number of rotatable bonds is 5. The molecule has 0 aliphatic carbocycles. The van der Waals surface area contributed by atoms with Crippen LogP contribution in [0.25, 0.3) is 0 Å². The van der Waals surface area contributed by atoms with Crippen molar-refractivity contribution < 1.29 is 4.39 Å². The summed E-state index contributed by atoms with van der Waals surface area (Å²) in [6, 6.07) is 12.7. The maximum atomic E-state index is 12.9. The highest BCUT2D eigenvalue weighted by Gasteiger charge is 2.11. The summed E-state index contributed by atoms with van der Waals surface area (Å²) in [7, 11) is 0. The van der Waals surface area contributed by atoms with Gasteiger partial charge in [0.1, 0.15) is 5.82 Å². The van der Waals surface area contributed by atoms with Crippen molar-refractivity contribution in [1.29, 1.82) is 0 Å². The average molecular weight is 244 g/mol. The van der Waals surface area contributed by atoms with Crippen LogP contribution in [0.2, 0.25) is 0 Å². The molecule has 0 aliphatic heterocycles. The molecule has 0 bridgehead atoms. The predicted octanol–water partition coefficient (Wildman–Crippen LogP) is 3.11. The van der Waals surface area contributed by atoms with Gasteiger partial charge in [-0.2, -0.15) is 0 Å². The quantitative estimate of drug-likeness (QED) is 0.874. The van der Waals surface area contributed by atoms with Crippen LogP contribution >= 0.6 is 0 Å². The molecule has 18 heavy (non-hydrogen) atoms. The molecule has 0 fully saturated rings. The molecule has 0 amide bonds. The van der Waals surface area contributed by atoms with Gasteiger partial charge in [0.15, 0.2) is 0 Å². The van der Waals surface area contributed by atoms with Gasteiger partial charge in [-0.25, -0.2) is 4.39 Å². The van der Waals surface area contributed by atoms with Crippen LogP contribution in [0.4, 0.5) is 4.39 Å². The standard InChI is InChI=1S/C15H17FN2/c1-2-17-15(11-14-5-3-4-10-18-14)12-6-8-13(16)9-7-12/h3-10,15,17H,2,11H2,1H3. The van der Waals surface area contributed by atoms with E-state index in [4.69, 9.17) is 0 Å². The fourth-order valence-electron chi connectivity index (χ4n) is 1.98. The fourth-order valence-corrected chi connectivity index (χ4v) is 1.98. The Morgan fingerprint density at radius 2 is 1.94 bits per heavy atom. The maximum absolute atomic E-state index is 12.9. The predicted molar refractivity (Wildman–Crippen MR) is 70.8 cm³/mol. The first-order valence-corrected chi connectivity index (χ1v) is 6.18. The molecule has 2 rings (SSSR count). The Labute approximate surface area is 107 Å². The SMILES string of the molecule is CCNC(Cc1ccccn1)c1ccc(F)cc1. The molecule has 1 aromatic carbocycles. The van der Waals surface area contributed by atoms with Crippen LogP contribution in [0, 0.1) is 5.82 Å². The van der Waals surface area contributed by atoms with Crippen molar-refractivity contribution >= 4 is 0 Å². The van der Waals surface area contributed by atoms with E-state index >= 15 is 0 Å². The van der Waals surface area contributed by atoms with Crippen molar-refractivity contribution in [3.8, 4) is 0 Å². The summed E-state index contributed by atoms with van der Waals surface area (Å²) in [6.07, 6.45) is 2.60. The largest absolute Gasteiger partial charge is 0.310 e. The number of nitrogens with one attached hydrogen (secondary N) is 1. The molecule has 0 saturated heterocycles. The first-order chi connectivity index (χ1) is 8.79. The van der Waals surface area contributed by atoms with Crippen LogP contribution < -0.4 is 5.32 Å². The number of hydrogen-bond donors (Lipinski definition) is 1. The van der Waals surface area contributed by atoms with Gasteiger partial charge in [0.25, 0.3) is 0 Å². The molecule has 1 aromatic heterocycles. The van der Waals surface area contributed by atoms with Gasteiger partial charge in [0, 0.05) is 24.4 Å². The summed E-state index contributed by atoms with van der Waals surface area (Å²) < 4.78 is 12.9. The van der Waals surface area contributed by atoms with E-state index in [9.17, 15) is 4.39 Å². The molecule has 1 unspecified atom stereocenters. The minimum absolute atomic E-state index is 0.172. The van der Waals surface area contributed by atoms with Gasteiger partial charge in [-0.3, -0.25) is 4.98 Å². The number of aromatic nitrogens is 1. The second-order valence-electron chi connectivity index (χ2n) is 4.19. The Hall–Kier alpha value is -1.74. The van der Waals surface area contributed by atoms with Gasteiger partial charge in [0.05, 0.1) is 0 Å². The lowest BCUT2D eigenvalue weighted by atomic mass is 10.0. The molecule has 2 nitrogen and oxygen atoms in total. The molecule has 0 spiro atoms. The lowest BCUT2D eigenvalue weighted by Crippen LogP contribution is -2.23. The minimum atomic E-state index is -0.202. The lowest BCUT2D eigenvalue weighted by Gasteiger charge is -2.18. The third kappa shape index (κ3) is 3.37. The number of halogens is 1. The zero-order valence-electron chi connectivity index (χ0n) is 10.4. The zero-order chi connectivity index (χ0) is 12.8. The van der Waals surface area contributed by atoms with Gasteiger partial charge in [0.2, 0.25) is 0 Å². The highest BCUT2D eigenvalue weighted by molar-refractivity contribution is 5.22. The van der Waals surface area contributed by atoms with Crippen LogP contribution in [-0.2, 0) is 6.42 Å². The summed E-state index contributed by atoms with van der Waals surface area (Å²) in [4.78, 5) is 4.33. The molecule has 2 aromatic rings. The van der Waals surface area contributed by atoms with Crippen molar-refractivity contribution in [3.63, 3.8) is 0 Å². The molecule has 0 saturated carbocycles. The molecular weight excluding hydrogens is 227 g/mol. The lowest BCUT2D eigenvalue weighted by molar-refractivity contribution is 0.542. The molecule has 3 heteroatoms. The number of benzene rings is 1. The molecule has 94 valence electrons. The van der Waals surface area contributed by atoms with Gasteiger partial charge in [-0.05, 0) is 36.4 Å². The van der Waals surface area contributed by atoms with Gasteiger partial charge in [-0.1, -0.05) is 25.1 Å². The number of pyridine rings is 1. The topological polar surface area (TPSA) is 24.9 Å². The minimum Gasteiger partial charge on any atom is -0.310 e. The van der Waals surface area contributed by atoms with Crippen molar-refractivity contribution in [2.45, 2.75) is 19.4 Å². The average Bonchev–Trinajstić information content (AvgIpc) is 2.40. The van der Waals surface area contributed by atoms with E-state index in [2.05, 4.69) is 17.2 Å². The van der Waals surface area contributed by atoms with Crippen molar-refractivity contribution in [2.75, 3.05) is 6.54 Å². The van der Waals surface area contributed by atoms with Crippen LogP contribution in [0.5, 0.6) is 0 Å². The normalized spacial score (nSPS) is 12.3. The number of hydrogen-bond acceptors (Lipinski definition) is 2. The summed E-state index contributed by atoms with van der Waals surface area (Å²) in [6.45, 7) is 2.93. The van der Waals surface area contributed by atoms with Gasteiger partial charge < -0.3 is 5.32 Å². The van der Waals surface area contributed by atoms with Crippen molar-refractivity contribution in [3.05, 3.63) is 65.7 Å². The Morgan fingerprint density at radius 1 is 1.17 bits per heavy atom. The van der Waals surface area contributed by atoms with Crippen LogP contribution in [0.15, 0.2) is 48.7 Å². The molecule has 1 atom stereocenters. The Bertz CT molecular complexity index is 468. The Morgan fingerprint density at radius 3 is 2.56 bits per heavy atom. The van der Waals surface area contributed by atoms with Gasteiger partial charge in [-0.15, -0.1) is 0 Å². The monoisotopic (exact) mass is 244 g/mol. The second kappa shape index (κ2) is 6.26. The molecular formula is C15H17FN2. The molecule has 0 aliphatic rings. The first-order valence-electron chi connectivity index (χ1n) is 6.18. The van der Waals surface area contributed by atoms with E-state index < -0.39 is 0 Å². The highest BCUT2D eigenvalue weighted by atomic mass is 19.1. The first kappa shape index (κ1) is 12.7. The summed E-state index contributed by atoms with van der Waals surface area (Å²) in [5, 5.41) is 3.40. The maximum Gasteiger partial charge on any atom is 0.123 e. The second-order valence-corrected chi connectivity index (χ2v) is 4.19. The van der Waals surface area contributed by atoms with Crippen LogP contribution in [-0.4, -0.2) is 11.5 Å². The summed E-state index contributed by atoms with van der Waals surface area (Å²) >= 11 is 0. The van der Waals surface area contributed by atoms with Crippen LogP contribution in [0.3, 0.4) is 0 Å². The molecule has 0 radical (unpaired) electrons. The van der Waals surface area contributed by atoms with Crippen molar-refractivity contribution in [1.82, 2.24) is 10.3 Å². The van der Waals surface area contributed by atoms with E-state index in [1.54, 1.807) is 6.20 Å². The fraction of sp³-hybridized carbons (Fsp3) is 0.267. The van der Waals surface area contributed by atoms with E-state index in [0.29, 0.717) is 0 Å². The number of nitrogens with zero attached hydrogens (tertiary/aromatic N) is 1. The molecule has 1 N–H and O–H groups in total. The smallest absolute Gasteiger partial charge is 0.123 e. The summed E-state index contributed by atoms with van der Waals surface area (Å²) in [5.41, 5.74) is 2.12. The zero-order valence-corrected chi connectivity index (χ0v) is 10.4. The van der Waals surface area contributed by atoms with Crippen molar-refractivity contribution in [2.24, 2.45) is 0 Å². The molecule has 1 heterocycles.